The number of unbranched alkanes of at least 4 members (excludes halogenated alkanes) is 15. The molecule has 236 valence electrons. The number of nitrogens with zero attached hydrogens (tertiary/aromatic N) is 3. The molecule has 0 N–H and O–H groups in total. The average molecular weight is 590 g/mol. The lowest BCUT2D eigenvalue weighted by molar-refractivity contribution is -0.117. The zero-order valence-corrected chi connectivity index (χ0v) is 27.1. The van der Waals surface area contributed by atoms with Crippen LogP contribution in [-0.2, 0) is 11.3 Å². The Labute approximate surface area is 260 Å². The summed E-state index contributed by atoms with van der Waals surface area (Å²) in [5.74, 6) is 2.55. The van der Waals surface area contributed by atoms with Gasteiger partial charge in [-0.25, -0.2) is 4.98 Å². The molecule has 1 unspecified atom stereocenters. The molecule has 6 nitrogen and oxygen atoms in total. The van der Waals surface area contributed by atoms with Crippen molar-refractivity contribution in [2.45, 2.75) is 129 Å². The van der Waals surface area contributed by atoms with Crippen molar-refractivity contribution in [2.75, 3.05) is 25.7 Å². The number of anilines is 1. The molecular weight excluding hydrogens is 534 g/mol. The molecule has 0 bridgehead atoms. The number of carbonyl (C=O) groups is 1. The van der Waals surface area contributed by atoms with Crippen LogP contribution < -0.4 is 14.4 Å². The SMILES string of the molecule is CCCCCCCCCCCCCCCCCCn1c(C2CC(=O)N(c3cc(OC)ccc3OC)C2)nc2ccccc21. The number of carbonyl (C=O) groups excluding carboxylic acids is 1. The van der Waals surface area contributed by atoms with E-state index in [0.717, 1.165) is 30.0 Å². The van der Waals surface area contributed by atoms with Crippen LogP contribution in [0, 0.1) is 0 Å². The number of aryl methyl sites for hydroxylation is 1. The number of fused-ring (bicyclic) bond motifs is 1. The summed E-state index contributed by atoms with van der Waals surface area (Å²) in [7, 11) is 3.28. The molecule has 2 heterocycles. The van der Waals surface area contributed by atoms with Crippen LogP contribution in [0.1, 0.15) is 128 Å². The minimum absolute atomic E-state index is 0.0388. The normalized spacial score (nSPS) is 15.1. The highest BCUT2D eigenvalue weighted by Crippen LogP contribution is 2.39. The van der Waals surface area contributed by atoms with Crippen LogP contribution in [0.25, 0.3) is 11.0 Å². The molecule has 1 atom stereocenters. The second kappa shape index (κ2) is 17.9. The Hall–Kier alpha value is -3.02. The Morgan fingerprint density at radius 2 is 1.37 bits per heavy atom. The first-order chi connectivity index (χ1) is 21.2. The van der Waals surface area contributed by atoms with Gasteiger partial charge in [-0.3, -0.25) is 4.79 Å². The molecule has 0 spiro atoms. The Morgan fingerprint density at radius 1 is 0.767 bits per heavy atom. The maximum Gasteiger partial charge on any atom is 0.227 e. The van der Waals surface area contributed by atoms with E-state index in [1.165, 1.54) is 102 Å². The van der Waals surface area contributed by atoms with Gasteiger partial charge in [-0.1, -0.05) is 115 Å². The molecule has 1 amide bonds. The maximum absolute atomic E-state index is 13.3. The van der Waals surface area contributed by atoms with E-state index in [2.05, 4.69) is 29.7 Å². The van der Waals surface area contributed by atoms with Gasteiger partial charge in [0.15, 0.2) is 0 Å². The third kappa shape index (κ3) is 9.48. The summed E-state index contributed by atoms with van der Waals surface area (Å²) in [6.07, 6.45) is 22.4. The van der Waals surface area contributed by atoms with E-state index in [-0.39, 0.29) is 11.8 Å². The average Bonchev–Trinajstić information content (AvgIpc) is 3.60. The molecule has 1 saturated heterocycles. The van der Waals surface area contributed by atoms with Crippen molar-refractivity contribution < 1.29 is 14.3 Å². The summed E-state index contributed by atoms with van der Waals surface area (Å²) < 4.78 is 13.4. The summed E-state index contributed by atoms with van der Waals surface area (Å²) in [6, 6.07) is 14.0. The molecule has 0 saturated carbocycles. The molecule has 3 aromatic rings. The lowest BCUT2D eigenvalue weighted by Crippen LogP contribution is -2.25. The number of methoxy groups -OCH3 is 2. The molecule has 0 radical (unpaired) electrons. The molecule has 1 aliphatic rings. The quantitative estimate of drug-likeness (QED) is 0.116. The Morgan fingerprint density at radius 3 is 1.98 bits per heavy atom. The van der Waals surface area contributed by atoms with Crippen LogP contribution in [0.3, 0.4) is 0 Å². The first kappa shape index (κ1) is 32.9. The van der Waals surface area contributed by atoms with Crippen LogP contribution in [0.2, 0.25) is 0 Å². The van der Waals surface area contributed by atoms with Crippen LogP contribution >= 0.6 is 0 Å². The number of aromatic nitrogens is 2. The van der Waals surface area contributed by atoms with Crippen LogP contribution in [-0.4, -0.2) is 36.2 Å². The van der Waals surface area contributed by atoms with E-state index in [1.54, 1.807) is 14.2 Å². The molecule has 1 fully saturated rings. The lowest BCUT2D eigenvalue weighted by Gasteiger charge is -2.20. The van der Waals surface area contributed by atoms with E-state index in [1.807, 2.05) is 29.2 Å². The molecule has 1 aromatic heterocycles. The number of hydrogen-bond acceptors (Lipinski definition) is 4. The minimum Gasteiger partial charge on any atom is -0.497 e. The number of imidazole rings is 1. The fraction of sp³-hybridized carbons (Fsp3) is 0.622. The summed E-state index contributed by atoms with van der Waals surface area (Å²) in [6.45, 7) is 3.82. The maximum atomic E-state index is 13.3. The lowest BCUT2D eigenvalue weighted by atomic mass is 10.0. The number of para-hydroxylation sites is 2. The smallest absolute Gasteiger partial charge is 0.227 e. The number of hydrogen-bond donors (Lipinski definition) is 0. The molecular formula is C37H55N3O3. The van der Waals surface area contributed by atoms with E-state index in [4.69, 9.17) is 14.5 Å². The van der Waals surface area contributed by atoms with Crippen molar-refractivity contribution >= 4 is 22.6 Å². The Balaban J connectivity index is 1.22. The third-order valence-electron chi connectivity index (χ3n) is 9.09. The van der Waals surface area contributed by atoms with Crippen LogP contribution in [0.5, 0.6) is 11.5 Å². The van der Waals surface area contributed by atoms with Gasteiger partial charge >= 0.3 is 0 Å². The molecule has 6 heteroatoms. The second-order valence-corrected chi connectivity index (χ2v) is 12.4. The molecule has 1 aliphatic heterocycles. The van der Waals surface area contributed by atoms with Gasteiger partial charge in [-0.2, -0.15) is 0 Å². The Bertz CT molecular complexity index is 1250. The number of ether oxygens (including phenoxy) is 2. The number of benzene rings is 2. The highest BCUT2D eigenvalue weighted by Gasteiger charge is 2.36. The van der Waals surface area contributed by atoms with E-state index in [0.29, 0.717) is 24.5 Å². The van der Waals surface area contributed by atoms with Gasteiger partial charge in [0.1, 0.15) is 17.3 Å². The van der Waals surface area contributed by atoms with Crippen molar-refractivity contribution in [1.29, 1.82) is 0 Å². The van der Waals surface area contributed by atoms with Gasteiger partial charge in [-0.15, -0.1) is 0 Å². The van der Waals surface area contributed by atoms with Gasteiger partial charge in [0.05, 0.1) is 30.9 Å². The van der Waals surface area contributed by atoms with Gasteiger partial charge in [-0.05, 0) is 30.7 Å². The first-order valence-corrected chi connectivity index (χ1v) is 17.1. The van der Waals surface area contributed by atoms with Gasteiger partial charge in [0, 0.05) is 31.5 Å². The Kier molecular flexibility index (Phi) is 13.7. The third-order valence-corrected chi connectivity index (χ3v) is 9.09. The van der Waals surface area contributed by atoms with Gasteiger partial charge in [0.2, 0.25) is 5.91 Å². The van der Waals surface area contributed by atoms with Crippen molar-refractivity contribution in [1.82, 2.24) is 9.55 Å². The summed E-state index contributed by atoms with van der Waals surface area (Å²) in [5, 5.41) is 0. The highest BCUT2D eigenvalue weighted by molar-refractivity contribution is 5.98. The van der Waals surface area contributed by atoms with Crippen molar-refractivity contribution in [3.63, 3.8) is 0 Å². The van der Waals surface area contributed by atoms with Crippen LogP contribution in [0.15, 0.2) is 42.5 Å². The van der Waals surface area contributed by atoms with Crippen molar-refractivity contribution in [3.05, 3.63) is 48.3 Å². The highest BCUT2D eigenvalue weighted by atomic mass is 16.5. The van der Waals surface area contributed by atoms with E-state index in [9.17, 15) is 4.79 Å². The standard InChI is InChI=1S/C37H55N3O3/c1-4-5-6-7-8-9-10-11-12-13-14-15-16-17-18-21-26-39-33-23-20-19-22-32(33)38-37(39)30-27-36(41)40(29-30)34-28-31(42-2)24-25-35(34)43-3/h19-20,22-25,28,30H,4-18,21,26-27,29H2,1-3H3. The molecule has 4 rings (SSSR count). The summed E-state index contributed by atoms with van der Waals surface area (Å²) in [5.41, 5.74) is 2.94. The molecule has 43 heavy (non-hydrogen) atoms. The molecule has 2 aromatic carbocycles. The zero-order valence-electron chi connectivity index (χ0n) is 27.1. The largest absolute Gasteiger partial charge is 0.497 e. The summed E-state index contributed by atoms with van der Waals surface area (Å²) >= 11 is 0. The summed E-state index contributed by atoms with van der Waals surface area (Å²) in [4.78, 5) is 20.2. The van der Waals surface area contributed by atoms with Gasteiger partial charge in [0.25, 0.3) is 0 Å². The fourth-order valence-corrected chi connectivity index (χ4v) is 6.58. The minimum atomic E-state index is 0.0388. The molecule has 0 aliphatic carbocycles. The van der Waals surface area contributed by atoms with Crippen molar-refractivity contribution in [2.24, 2.45) is 0 Å². The predicted molar refractivity (Wildman–Crippen MR) is 179 cm³/mol. The van der Waals surface area contributed by atoms with Crippen LogP contribution in [0.4, 0.5) is 5.69 Å². The zero-order chi connectivity index (χ0) is 30.3. The first-order valence-electron chi connectivity index (χ1n) is 17.1. The number of amides is 1. The second-order valence-electron chi connectivity index (χ2n) is 12.4. The predicted octanol–water partition coefficient (Wildman–Crippen LogP) is 9.84. The fourth-order valence-electron chi connectivity index (χ4n) is 6.58. The number of rotatable bonds is 21. The van der Waals surface area contributed by atoms with E-state index >= 15 is 0 Å². The van der Waals surface area contributed by atoms with Gasteiger partial charge < -0.3 is 18.9 Å². The van der Waals surface area contributed by atoms with Crippen molar-refractivity contribution in [3.8, 4) is 11.5 Å². The topological polar surface area (TPSA) is 56.6 Å². The monoisotopic (exact) mass is 589 g/mol. The van der Waals surface area contributed by atoms with E-state index < -0.39 is 0 Å².